The van der Waals surface area contributed by atoms with E-state index in [4.69, 9.17) is 0 Å². The Morgan fingerprint density at radius 3 is 2.60 bits per heavy atom. The number of aldehydes is 1. The molecular weight excluding hydrogens is 264 g/mol. The number of hydrogen-bond donors (Lipinski definition) is 0. The van der Waals surface area contributed by atoms with E-state index in [9.17, 15) is 4.79 Å². The molecule has 0 atom stereocenters. The van der Waals surface area contributed by atoms with Crippen LogP contribution in [0.5, 0.6) is 0 Å². The molecule has 0 spiro atoms. The van der Waals surface area contributed by atoms with Crippen LogP contribution in [0.15, 0.2) is 41.3 Å². The van der Waals surface area contributed by atoms with Gasteiger partial charge in [-0.2, -0.15) is 0 Å². The van der Waals surface area contributed by atoms with E-state index in [0.29, 0.717) is 0 Å². The summed E-state index contributed by atoms with van der Waals surface area (Å²) >= 11 is 1.77. The van der Waals surface area contributed by atoms with Gasteiger partial charge in [-0.05, 0) is 54.3 Å². The maximum absolute atomic E-state index is 10.3. The van der Waals surface area contributed by atoms with Crippen molar-refractivity contribution in [2.24, 2.45) is 0 Å². The lowest BCUT2D eigenvalue weighted by molar-refractivity contribution is -0.104. The molecule has 0 aliphatic rings. The maximum Gasteiger partial charge on any atom is 0.142 e. The van der Waals surface area contributed by atoms with Gasteiger partial charge in [0.25, 0.3) is 0 Å². The summed E-state index contributed by atoms with van der Waals surface area (Å²) in [5.74, 6) is 0. The quantitative estimate of drug-likeness (QED) is 0.503. The van der Waals surface area contributed by atoms with Gasteiger partial charge in [0.2, 0.25) is 0 Å². The molecule has 0 saturated carbocycles. The van der Waals surface area contributed by atoms with Gasteiger partial charge < -0.3 is 0 Å². The molecule has 1 heterocycles. The smallest absolute Gasteiger partial charge is 0.142 e. The summed E-state index contributed by atoms with van der Waals surface area (Å²) in [7, 11) is 0. The Kier molecular flexibility index (Phi) is 7.89. The molecule has 1 aromatic heterocycles. The van der Waals surface area contributed by atoms with Crippen molar-refractivity contribution in [1.82, 2.24) is 0 Å². The van der Waals surface area contributed by atoms with Crippen LogP contribution in [-0.4, -0.2) is 6.29 Å². The van der Waals surface area contributed by atoms with E-state index in [-0.39, 0.29) is 0 Å². The van der Waals surface area contributed by atoms with Crippen molar-refractivity contribution in [3.8, 4) is 0 Å². The second-order valence-electron chi connectivity index (χ2n) is 4.94. The summed E-state index contributed by atoms with van der Waals surface area (Å²) in [5, 5.41) is 3.44. The van der Waals surface area contributed by atoms with Crippen LogP contribution < -0.4 is 0 Å². The lowest BCUT2D eigenvalue weighted by atomic mass is 10.0. The van der Waals surface area contributed by atoms with Gasteiger partial charge in [-0.1, -0.05) is 44.4 Å². The molecule has 0 aliphatic carbocycles. The van der Waals surface area contributed by atoms with Gasteiger partial charge in [0, 0.05) is 4.70 Å². The van der Waals surface area contributed by atoms with E-state index < -0.39 is 0 Å². The SMILES string of the molecule is C/C(=C\C=O)CCc1ccc2sccc2c1.CCCC. The molecule has 0 fully saturated rings. The summed E-state index contributed by atoms with van der Waals surface area (Å²) < 4.78 is 1.34. The third-order valence-corrected chi connectivity index (χ3v) is 4.08. The molecule has 0 amide bonds. The van der Waals surface area contributed by atoms with Gasteiger partial charge in [-0.25, -0.2) is 0 Å². The molecule has 108 valence electrons. The first-order chi connectivity index (χ1) is 9.71. The number of benzene rings is 1. The van der Waals surface area contributed by atoms with E-state index in [2.05, 4.69) is 43.5 Å². The molecule has 2 heteroatoms. The number of carbonyl (C=O) groups excluding carboxylic acids is 1. The van der Waals surface area contributed by atoms with Gasteiger partial charge in [0.05, 0.1) is 0 Å². The minimum Gasteiger partial charge on any atom is -0.299 e. The van der Waals surface area contributed by atoms with Crippen LogP contribution in [0.1, 0.15) is 45.6 Å². The average Bonchev–Trinajstić information content (AvgIpc) is 2.93. The van der Waals surface area contributed by atoms with Crippen molar-refractivity contribution >= 4 is 27.7 Å². The van der Waals surface area contributed by atoms with Crippen LogP contribution in [0, 0.1) is 0 Å². The van der Waals surface area contributed by atoms with E-state index in [1.165, 1.54) is 28.5 Å². The number of thiophene rings is 1. The highest BCUT2D eigenvalue weighted by molar-refractivity contribution is 7.17. The van der Waals surface area contributed by atoms with E-state index in [0.717, 1.165) is 24.7 Å². The lowest BCUT2D eigenvalue weighted by Gasteiger charge is -2.01. The molecule has 20 heavy (non-hydrogen) atoms. The minimum absolute atomic E-state index is 0.859. The molecule has 1 aromatic carbocycles. The van der Waals surface area contributed by atoms with Crippen molar-refractivity contribution in [3.63, 3.8) is 0 Å². The summed E-state index contributed by atoms with van der Waals surface area (Å²) in [6.45, 7) is 6.36. The molecule has 0 aliphatic heterocycles. The highest BCUT2D eigenvalue weighted by atomic mass is 32.1. The Labute approximate surface area is 126 Å². The molecule has 2 aromatic rings. The Hall–Kier alpha value is -1.41. The van der Waals surface area contributed by atoms with Crippen molar-refractivity contribution in [1.29, 1.82) is 0 Å². The fourth-order valence-electron chi connectivity index (χ4n) is 1.71. The van der Waals surface area contributed by atoms with Gasteiger partial charge >= 0.3 is 0 Å². The number of hydrogen-bond acceptors (Lipinski definition) is 2. The second-order valence-corrected chi connectivity index (χ2v) is 5.89. The third-order valence-electron chi connectivity index (χ3n) is 3.18. The molecule has 0 N–H and O–H groups in total. The number of rotatable bonds is 5. The highest BCUT2D eigenvalue weighted by Crippen LogP contribution is 2.22. The lowest BCUT2D eigenvalue weighted by Crippen LogP contribution is -1.86. The normalized spacial score (nSPS) is 11.1. The third kappa shape index (κ3) is 5.70. The number of aryl methyl sites for hydroxylation is 1. The van der Waals surface area contributed by atoms with Gasteiger partial charge in [0.1, 0.15) is 6.29 Å². The summed E-state index contributed by atoms with van der Waals surface area (Å²) in [5.41, 5.74) is 2.48. The van der Waals surface area contributed by atoms with Crippen LogP contribution in [0.3, 0.4) is 0 Å². The van der Waals surface area contributed by atoms with E-state index in [1.54, 1.807) is 17.4 Å². The summed E-state index contributed by atoms with van der Waals surface area (Å²) in [6.07, 6.45) is 7.09. The zero-order valence-corrected chi connectivity index (χ0v) is 13.5. The Bertz CT molecular complexity index is 549. The van der Waals surface area contributed by atoms with Gasteiger partial charge in [0.15, 0.2) is 0 Å². The van der Waals surface area contributed by atoms with Crippen molar-refractivity contribution in [2.75, 3.05) is 0 Å². The Balaban J connectivity index is 0.000000444. The van der Waals surface area contributed by atoms with Crippen LogP contribution in [0.25, 0.3) is 10.1 Å². The topological polar surface area (TPSA) is 17.1 Å². The first-order valence-corrected chi connectivity index (χ1v) is 8.16. The molecule has 2 rings (SSSR count). The standard InChI is InChI=1S/C14H14OS.C4H10/c1-11(6-8-15)2-3-12-4-5-14-13(10-12)7-9-16-14;1-3-4-2/h4-10H,2-3H2,1H3;3-4H2,1-2H3/b11-6+;. The predicted molar refractivity (Wildman–Crippen MR) is 90.5 cm³/mol. The zero-order chi connectivity index (χ0) is 14.8. The van der Waals surface area contributed by atoms with Crippen LogP contribution in [0.4, 0.5) is 0 Å². The molecule has 0 saturated heterocycles. The Morgan fingerprint density at radius 1 is 1.20 bits per heavy atom. The monoisotopic (exact) mass is 288 g/mol. The largest absolute Gasteiger partial charge is 0.299 e. The van der Waals surface area contributed by atoms with Gasteiger partial charge in [-0.15, -0.1) is 11.3 Å². The molecule has 1 nitrogen and oxygen atoms in total. The fourth-order valence-corrected chi connectivity index (χ4v) is 2.48. The minimum atomic E-state index is 0.859. The second kappa shape index (κ2) is 9.49. The summed E-state index contributed by atoms with van der Waals surface area (Å²) in [4.78, 5) is 10.3. The maximum atomic E-state index is 10.3. The Morgan fingerprint density at radius 2 is 1.95 bits per heavy atom. The van der Waals surface area contributed by atoms with Crippen LogP contribution in [0.2, 0.25) is 0 Å². The number of allylic oxidation sites excluding steroid dienone is 2. The van der Waals surface area contributed by atoms with Crippen molar-refractivity contribution in [2.45, 2.75) is 46.5 Å². The molecule has 0 radical (unpaired) electrons. The van der Waals surface area contributed by atoms with Crippen molar-refractivity contribution < 1.29 is 4.79 Å². The van der Waals surface area contributed by atoms with Gasteiger partial charge in [-0.3, -0.25) is 4.79 Å². The number of fused-ring (bicyclic) bond motifs is 1. The van der Waals surface area contributed by atoms with Crippen molar-refractivity contribution in [3.05, 3.63) is 46.9 Å². The zero-order valence-electron chi connectivity index (χ0n) is 12.7. The molecule has 0 unspecified atom stereocenters. The first kappa shape index (κ1) is 16.6. The van der Waals surface area contributed by atoms with E-state index in [1.807, 2.05) is 6.92 Å². The summed E-state index contributed by atoms with van der Waals surface area (Å²) in [6, 6.07) is 8.73. The number of carbonyl (C=O) groups is 1. The average molecular weight is 288 g/mol. The highest BCUT2D eigenvalue weighted by Gasteiger charge is 1.98. The number of unbranched alkanes of at least 4 members (excludes halogenated alkanes) is 1. The predicted octanol–water partition coefficient (Wildman–Crippen LogP) is 5.79. The van der Waals surface area contributed by atoms with Crippen LogP contribution in [-0.2, 0) is 11.2 Å². The fraction of sp³-hybridized carbons (Fsp3) is 0.389. The van der Waals surface area contributed by atoms with E-state index >= 15 is 0 Å². The molecular formula is C18H24OS. The molecule has 0 bridgehead atoms. The van der Waals surface area contributed by atoms with Crippen LogP contribution >= 0.6 is 11.3 Å². The first-order valence-electron chi connectivity index (χ1n) is 7.28.